The number of hydrogen-bond acceptors (Lipinski definition) is 6. The summed E-state index contributed by atoms with van der Waals surface area (Å²) in [4.78, 5) is 19.3. The van der Waals surface area contributed by atoms with Gasteiger partial charge in [-0.3, -0.25) is 14.2 Å². The number of carbonyl (C=O) groups is 1. The normalized spacial score (nSPS) is 14.8. The molecule has 7 rings (SSSR count). The quantitative estimate of drug-likeness (QED) is 0.206. The number of carbonyl (C=O) groups excluding carboxylic acids is 1. The minimum atomic E-state index is -0.765. The summed E-state index contributed by atoms with van der Waals surface area (Å²) in [6.07, 6.45) is 3.25. The molecule has 0 saturated carbocycles. The second-order valence-corrected chi connectivity index (χ2v) is 11.5. The second kappa shape index (κ2) is 10.1. The number of halogens is 2. The smallest absolute Gasteiger partial charge is 0.246 e. The van der Waals surface area contributed by atoms with Crippen molar-refractivity contribution in [1.82, 2.24) is 29.4 Å². The van der Waals surface area contributed by atoms with Crippen LogP contribution < -0.4 is 4.74 Å². The third-order valence-corrected chi connectivity index (χ3v) is 8.72. The first-order valence-electron chi connectivity index (χ1n) is 13.6. The van der Waals surface area contributed by atoms with E-state index in [-0.39, 0.29) is 23.3 Å². The molecule has 8 nitrogen and oxygen atoms in total. The molecule has 0 radical (unpaired) electrons. The van der Waals surface area contributed by atoms with Gasteiger partial charge in [0.1, 0.15) is 28.8 Å². The van der Waals surface area contributed by atoms with Crippen LogP contribution in [0.15, 0.2) is 66.7 Å². The lowest BCUT2D eigenvalue weighted by Crippen LogP contribution is -2.39. The van der Waals surface area contributed by atoms with Gasteiger partial charge in [0.2, 0.25) is 5.91 Å². The molecule has 43 heavy (non-hydrogen) atoms. The molecule has 1 atom stereocenters. The summed E-state index contributed by atoms with van der Waals surface area (Å²) in [5.41, 5.74) is 4.74. The number of hydrogen-bond donors (Lipinski definition) is 0. The van der Waals surface area contributed by atoms with Crippen LogP contribution in [0.2, 0.25) is 0 Å². The van der Waals surface area contributed by atoms with Gasteiger partial charge in [-0.15, -0.1) is 11.3 Å². The number of methoxy groups -OCH3 is 1. The minimum Gasteiger partial charge on any atom is -0.496 e. The zero-order valence-electron chi connectivity index (χ0n) is 23.6. The molecular weight excluding hydrogens is 570 g/mol. The van der Waals surface area contributed by atoms with E-state index < -0.39 is 11.6 Å². The Labute approximate surface area is 249 Å². The molecule has 0 saturated heterocycles. The molecule has 11 heteroatoms. The second-order valence-electron chi connectivity index (χ2n) is 10.6. The molecular formula is C32H26F2N6O2S. The fraction of sp³-hybridized carbons (Fsp3) is 0.188. The van der Waals surface area contributed by atoms with Crippen LogP contribution in [0.3, 0.4) is 0 Å². The van der Waals surface area contributed by atoms with E-state index in [1.54, 1.807) is 9.58 Å². The van der Waals surface area contributed by atoms with E-state index in [1.807, 2.05) is 60.6 Å². The number of aryl methyl sites for hydroxylation is 1. The Morgan fingerprint density at radius 2 is 1.95 bits per heavy atom. The average molecular weight is 597 g/mol. The van der Waals surface area contributed by atoms with E-state index in [0.29, 0.717) is 35.7 Å². The van der Waals surface area contributed by atoms with Crippen LogP contribution in [0.4, 0.5) is 8.78 Å². The molecule has 0 fully saturated rings. The summed E-state index contributed by atoms with van der Waals surface area (Å²) in [5, 5.41) is 13.1. The summed E-state index contributed by atoms with van der Waals surface area (Å²) in [6.45, 7) is 6.43. The van der Waals surface area contributed by atoms with Crippen LogP contribution >= 0.6 is 11.3 Å². The van der Waals surface area contributed by atoms with E-state index >= 15 is 4.39 Å². The number of benzene rings is 2. The summed E-state index contributed by atoms with van der Waals surface area (Å²) < 4.78 is 40.0. The lowest BCUT2D eigenvalue weighted by atomic mass is 9.96. The fourth-order valence-electron chi connectivity index (χ4n) is 5.91. The largest absolute Gasteiger partial charge is 0.496 e. The van der Waals surface area contributed by atoms with E-state index in [0.717, 1.165) is 38.3 Å². The highest BCUT2D eigenvalue weighted by Crippen LogP contribution is 2.47. The molecule has 4 aromatic heterocycles. The van der Waals surface area contributed by atoms with Crippen LogP contribution in [0, 0.1) is 11.6 Å². The lowest BCUT2D eigenvalue weighted by molar-refractivity contribution is -0.127. The Morgan fingerprint density at radius 3 is 2.74 bits per heavy atom. The molecule has 1 unspecified atom stereocenters. The average Bonchev–Trinajstić information content (AvgIpc) is 3.73. The van der Waals surface area contributed by atoms with Crippen molar-refractivity contribution < 1.29 is 18.3 Å². The van der Waals surface area contributed by atoms with Gasteiger partial charge in [-0.25, -0.2) is 13.8 Å². The molecule has 5 heterocycles. The van der Waals surface area contributed by atoms with Crippen LogP contribution in [0.1, 0.15) is 18.7 Å². The number of amides is 1. The van der Waals surface area contributed by atoms with Gasteiger partial charge in [-0.2, -0.15) is 10.2 Å². The van der Waals surface area contributed by atoms with Crippen molar-refractivity contribution in [3.63, 3.8) is 0 Å². The van der Waals surface area contributed by atoms with Gasteiger partial charge in [-0.1, -0.05) is 12.6 Å². The van der Waals surface area contributed by atoms with Gasteiger partial charge in [0.25, 0.3) is 0 Å². The van der Waals surface area contributed by atoms with Gasteiger partial charge in [0, 0.05) is 58.5 Å². The maximum Gasteiger partial charge on any atom is 0.246 e. The number of pyridine rings is 1. The molecule has 0 bridgehead atoms. The first-order valence-corrected chi connectivity index (χ1v) is 14.5. The van der Waals surface area contributed by atoms with E-state index in [1.165, 1.54) is 30.6 Å². The summed E-state index contributed by atoms with van der Waals surface area (Å²) in [7, 11) is 3.26. The van der Waals surface area contributed by atoms with Crippen molar-refractivity contribution in [3.8, 4) is 39.5 Å². The lowest BCUT2D eigenvalue weighted by Gasteiger charge is -2.31. The maximum atomic E-state index is 15.8. The van der Waals surface area contributed by atoms with Crippen LogP contribution in [-0.2, 0) is 18.4 Å². The van der Waals surface area contributed by atoms with Crippen LogP contribution in [0.25, 0.3) is 54.8 Å². The molecule has 2 aromatic carbocycles. The number of thiophene rings is 1. The van der Waals surface area contributed by atoms with Crippen LogP contribution in [0.5, 0.6) is 5.75 Å². The maximum absolute atomic E-state index is 15.8. The van der Waals surface area contributed by atoms with Crippen LogP contribution in [-0.4, -0.2) is 49.0 Å². The first kappa shape index (κ1) is 27.0. The Balaban J connectivity index is 1.52. The molecule has 6 aromatic rings. The van der Waals surface area contributed by atoms with E-state index in [4.69, 9.17) is 14.8 Å². The highest BCUT2D eigenvalue weighted by Gasteiger charge is 2.30. The third kappa shape index (κ3) is 4.38. The van der Waals surface area contributed by atoms with Gasteiger partial charge < -0.3 is 9.64 Å². The molecule has 0 aliphatic carbocycles. The molecule has 1 aliphatic rings. The topological polar surface area (TPSA) is 78.1 Å². The Morgan fingerprint density at radius 1 is 1.12 bits per heavy atom. The summed E-state index contributed by atoms with van der Waals surface area (Å²) in [6, 6.07) is 11.7. The van der Waals surface area contributed by atoms with Gasteiger partial charge >= 0.3 is 0 Å². The van der Waals surface area contributed by atoms with Crippen molar-refractivity contribution in [2.24, 2.45) is 7.05 Å². The van der Waals surface area contributed by atoms with Crippen molar-refractivity contribution in [3.05, 3.63) is 84.0 Å². The molecule has 216 valence electrons. The number of fused-ring (bicyclic) bond motifs is 3. The minimum absolute atomic E-state index is 0.0554. The Kier molecular flexibility index (Phi) is 6.35. The van der Waals surface area contributed by atoms with Crippen molar-refractivity contribution >= 4 is 38.2 Å². The Bertz CT molecular complexity index is 2090. The zero-order valence-corrected chi connectivity index (χ0v) is 24.5. The third-order valence-electron chi connectivity index (χ3n) is 7.79. The zero-order chi connectivity index (χ0) is 30.0. The number of rotatable bonds is 5. The number of aromatic nitrogens is 5. The van der Waals surface area contributed by atoms with Crippen molar-refractivity contribution in [2.75, 3.05) is 13.7 Å². The fourth-order valence-corrected chi connectivity index (χ4v) is 6.86. The number of nitrogens with zero attached hydrogens (tertiary/aromatic N) is 6. The van der Waals surface area contributed by atoms with Gasteiger partial charge in [0.05, 0.1) is 42.2 Å². The van der Waals surface area contributed by atoms with Crippen molar-refractivity contribution in [1.29, 1.82) is 0 Å². The molecule has 1 amide bonds. The van der Waals surface area contributed by atoms with E-state index in [2.05, 4.69) is 11.7 Å². The SMILES string of the molecule is C=CC(=O)N1Cc2cc(-c3nc(-c4ccc5nn(C)cc5c4)c4ccsc4c3-c3c(F)cc(F)cc3OC)nn2C(C)C1. The summed E-state index contributed by atoms with van der Waals surface area (Å²) in [5.74, 6) is -1.61. The number of ether oxygens (including phenoxy) is 1. The monoisotopic (exact) mass is 596 g/mol. The van der Waals surface area contributed by atoms with Gasteiger partial charge in [0.15, 0.2) is 0 Å². The molecule has 1 aliphatic heterocycles. The first-order chi connectivity index (χ1) is 20.7. The van der Waals surface area contributed by atoms with Gasteiger partial charge in [-0.05, 0) is 42.6 Å². The molecule has 0 N–H and O–H groups in total. The Hall–Kier alpha value is -4.90. The highest BCUT2D eigenvalue weighted by atomic mass is 32.1. The summed E-state index contributed by atoms with van der Waals surface area (Å²) >= 11 is 1.44. The standard InChI is InChI=1S/C32H26F2N6O2S/c1-5-27(41)39-14-17(2)40-21(16-39)13-25(37-40)31-29(28-23(34)11-20(33)12-26(28)42-4)32-22(8-9-43-32)30(35-31)18-6-7-24-19(10-18)15-38(3)36-24/h5-13,15,17H,1,14,16H2,2-4H3. The predicted molar refractivity (Wildman–Crippen MR) is 163 cm³/mol. The predicted octanol–water partition coefficient (Wildman–Crippen LogP) is 6.76. The van der Waals surface area contributed by atoms with Crippen molar-refractivity contribution in [2.45, 2.75) is 19.5 Å². The highest BCUT2D eigenvalue weighted by molar-refractivity contribution is 7.18. The van der Waals surface area contributed by atoms with E-state index in [9.17, 15) is 9.18 Å². The molecule has 0 spiro atoms.